The van der Waals surface area contributed by atoms with E-state index in [-0.39, 0.29) is 30.5 Å². The van der Waals surface area contributed by atoms with Crippen molar-refractivity contribution in [3.05, 3.63) is 87.3 Å². The number of aromatic nitrogens is 3. The fourth-order valence-corrected chi connectivity index (χ4v) is 4.60. The monoisotopic (exact) mass is 527 g/mol. The fraction of sp³-hybridized carbons (Fsp3) is 0.208. The lowest BCUT2D eigenvalue weighted by Gasteiger charge is -2.17. The van der Waals surface area contributed by atoms with Crippen molar-refractivity contribution in [3.8, 4) is 0 Å². The summed E-state index contributed by atoms with van der Waals surface area (Å²) in [5, 5.41) is 10.2. The summed E-state index contributed by atoms with van der Waals surface area (Å²) in [7, 11) is 0. The topological polar surface area (TPSA) is 83.0 Å². The van der Waals surface area contributed by atoms with Crippen molar-refractivity contribution < 1.29 is 18.4 Å². The second-order valence-electron chi connectivity index (χ2n) is 8.26. The van der Waals surface area contributed by atoms with Crippen LogP contribution < -0.4 is 5.32 Å². The average Bonchev–Trinajstić information content (AvgIpc) is 3.48. The normalized spacial score (nSPS) is 13.8. The summed E-state index contributed by atoms with van der Waals surface area (Å²) in [6, 6.07) is 10.5. The number of nitrogens with zero attached hydrogens (tertiary/aromatic N) is 3. The van der Waals surface area contributed by atoms with Crippen LogP contribution in [0.3, 0.4) is 0 Å². The molecule has 2 aromatic heterocycles. The van der Waals surface area contributed by atoms with Gasteiger partial charge in [0.15, 0.2) is 5.69 Å². The molecule has 10 heteroatoms. The van der Waals surface area contributed by atoms with Crippen molar-refractivity contribution in [3.63, 3.8) is 0 Å². The lowest BCUT2D eigenvalue weighted by atomic mass is 10.1. The Balaban J connectivity index is 1.28. The molecule has 1 aliphatic rings. The maximum absolute atomic E-state index is 14.3. The molecular weight excluding hydrogens is 508 g/mol. The van der Waals surface area contributed by atoms with Gasteiger partial charge in [0.05, 0.1) is 30.3 Å². The molecule has 2 N–H and O–H groups in total. The van der Waals surface area contributed by atoms with Gasteiger partial charge in [-0.05, 0) is 37.3 Å². The SMILES string of the molecule is CC(NC(=O)c1n[nH]c2c1CN(C(=O)Cn1ccc3c(F)cccc31)C2)c1ccc(Br)cc1F. The van der Waals surface area contributed by atoms with Crippen molar-refractivity contribution >= 4 is 38.6 Å². The summed E-state index contributed by atoms with van der Waals surface area (Å²) in [6.07, 6.45) is 1.68. The minimum atomic E-state index is -0.575. The van der Waals surface area contributed by atoms with Crippen LogP contribution in [0.5, 0.6) is 0 Å². The summed E-state index contributed by atoms with van der Waals surface area (Å²) >= 11 is 3.22. The second-order valence-corrected chi connectivity index (χ2v) is 9.17. The number of fused-ring (bicyclic) bond motifs is 2. The molecule has 5 rings (SSSR count). The molecule has 0 bridgehead atoms. The number of carbonyl (C=O) groups is 2. The van der Waals surface area contributed by atoms with Gasteiger partial charge in [0.2, 0.25) is 5.91 Å². The minimum Gasteiger partial charge on any atom is -0.344 e. The predicted octanol–water partition coefficient (Wildman–Crippen LogP) is 4.44. The Bertz CT molecular complexity index is 1430. The third-order valence-corrected chi connectivity index (χ3v) is 6.55. The number of benzene rings is 2. The molecule has 0 fully saturated rings. The molecule has 4 aromatic rings. The van der Waals surface area contributed by atoms with Gasteiger partial charge in [0, 0.05) is 27.2 Å². The number of amides is 2. The molecule has 1 atom stereocenters. The van der Waals surface area contributed by atoms with E-state index in [4.69, 9.17) is 0 Å². The molecular formula is C24H20BrF2N5O2. The predicted molar refractivity (Wildman–Crippen MR) is 125 cm³/mol. The second kappa shape index (κ2) is 8.68. The summed E-state index contributed by atoms with van der Waals surface area (Å²) in [6.45, 7) is 2.25. The Kier molecular flexibility index (Phi) is 5.68. The van der Waals surface area contributed by atoms with Gasteiger partial charge in [0.1, 0.15) is 18.2 Å². The van der Waals surface area contributed by atoms with E-state index in [1.54, 1.807) is 52.9 Å². The molecule has 3 heterocycles. The van der Waals surface area contributed by atoms with Gasteiger partial charge in [0.25, 0.3) is 5.91 Å². The molecule has 0 saturated heterocycles. The third kappa shape index (κ3) is 3.98. The highest BCUT2D eigenvalue weighted by atomic mass is 79.9. The van der Waals surface area contributed by atoms with E-state index in [2.05, 4.69) is 31.4 Å². The van der Waals surface area contributed by atoms with Gasteiger partial charge in [-0.25, -0.2) is 8.78 Å². The van der Waals surface area contributed by atoms with Crippen LogP contribution >= 0.6 is 15.9 Å². The number of carbonyl (C=O) groups excluding carboxylic acids is 2. The van der Waals surface area contributed by atoms with E-state index in [9.17, 15) is 18.4 Å². The number of aromatic amines is 1. The zero-order valence-electron chi connectivity index (χ0n) is 18.1. The number of hydrogen-bond acceptors (Lipinski definition) is 3. The molecule has 0 radical (unpaired) electrons. The van der Waals surface area contributed by atoms with Crippen LogP contribution in [0.1, 0.15) is 40.3 Å². The first-order chi connectivity index (χ1) is 16.3. The van der Waals surface area contributed by atoms with Crippen LogP contribution in [0.15, 0.2) is 53.1 Å². The molecule has 1 unspecified atom stereocenters. The first-order valence-corrected chi connectivity index (χ1v) is 11.4. The maximum atomic E-state index is 14.3. The van der Waals surface area contributed by atoms with E-state index in [1.807, 2.05) is 0 Å². The smallest absolute Gasteiger partial charge is 0.272 e. The molecule has 2 amide bonds. The zero-order valence-corrected chi connectivity index (χ0v) is 19.7. The highest BCUT2D eigenvalue weighted by molar-refractivity contribution is 9.10. The van der Waals surface area contributed by atoms with E-state index in [0.717, 1.165) is 0 Å². The molecule has 1 aliphatic heterocycles. The summed E-state index contributed by atoms with van der Waals surface area (Å²) in [5.74, 6) is -1.38. The summed E-state index contributed by atoms with van der Waals surface area (Å²) < 4.78 is 30.5. The fourth-order valence-electron chi connectivity index (χ4n) is 4.27. The Morgan fingerprint density at radius 1 is 1.18 bits per heavy atom. The lowest BCUT2D eigenvalue weighted by Crippen LogP contribution is -2.31. The molecule has 174 valence electrons. The van der Waals surface area contributed by atoms with Crippen LogP contribution in [0.25, 0.3) is 10.9 Å². The van der Waals surface area contributed by atoms with Crippen molar-refractivity contribution in [1.29, 1.82) is 0 Å². The van der Waals surface area contributed by atoms with Crippen molar-refractivity contribution in [2.45, 2.75) is 32.6 Å². The van der Waals surface area contributed by atoms with Crippen molar-refractivity contribution in [2.75, 3.05) is 0 Å². The van der Waals surface area contributed by atoms with Gasteiger partial charge < -0.3 is 14.8 Å². The highest BCUT2D eigenvalue weighted by Crippen LogP contribution is 2.26. The molecule has 0 spiro atoms. The lowest BCUT2D eigenvalue weighted by molar-refractivity contribution is -0.132. The standard InChI is InChI=1S/C24H20BrF2N5O2/c1-13(15-6-5-14(25)9-19(15)27)28-24(34)23-17-10-32(11-20(17)29-30-23)22(33)12-31-8-7-16-18(26)3-2-4-21(16)31/h2-9,13H,10-12H2,1H3,(H,28,34)(H,29,30). The molecule has 34 heavy (non-hydrogen) atoms. The maximum Gasteiger partial charge on any atom is 0.272 e. The average molecular weight is 528 g/mol. The number of nitrogens with one attached hydrogen (secondary N) is 2. The first kappa shape index (κ1) is 22.3. The first-order valence-electron chi connectivity index (χ1n) is 10.6. The van der Waals surface area contributed by atoms with E-state index in [0.29, 0.717) is 38.7 Å². The van der Waals surface area contributed by atoms with Crippen molar-refractivity contribution in [1.82, 2.24) is 25.0 Å². The third-order valence-electron chi connectivity index (χ3n) is 6.06. The zero-order chi connectivity index (χ0) is 24.0. The molecule has 0 saturated carbocycles. The van der Waals surface area contributed by atoms with E-state index in [1.165, 1.54) is 12.1 Å². The largest absolute Gasteiger partial charge is 0.344 e. The van der Waals surface area contributed by atoms with Crippen LogP contribution in [-0.2, 0) is 24.4 Å². The van der Waals surface area contributed by atoms with Crippen LogP contribution in [0.4, 0.5) is 8.78 Å². The van der Waals surface area contributed by atoms with Crippen LogP contribution in [0, 0.1) is 11.6 Å². The van der Waals surface area contributed by atoms with Gasteiger partial charge in [-0.3, -0.25) is 14.7 Å². The minimum absolute atomic E-state index is 0.0477. The quantitative estimate of drug-likeness (QED) is 0.402. The van der Waals surface area contributed by atoms with Gasteiger partial charge in [-0.15, -0.1) is 0 Å². The number of halogens is 3. The van der Waals surface area contributed by atoms with Crippen molar-refractivity contribution in [2.24, 2.45) is 0 Å². The van der Waals surface area contributed by atoms with Crippen LogP contribution in [0.2, 0.25) is 0 Å². The molecule has 2 aromatic carbocycles. The molecule has 7 nitrogen and oxygen atoms in total. The van der Waals surface area contributed by atoms with E-state index < -0.39 is 17.8 Å². The Morgan fingerprint density at radius 3 is 2.79 bits per heavy atom. The molecule has 0 aliphatic carbocycles. The highest BCUT2D eigenvalue weighted by Gasteiger charge is 2.31. The van der Waals surface area contributed by atoms with Crippen LogP contribution in [-0.4, -0.2) is 31.5 Å². The van der Waals surface area contributed by atoms with Gasteiger partial charge >= 0.3 is 0 Å². The Morgan fingerprint density at radius 2 is 2.00 bits per heavy atom. The number of hydrogen-bond donors (Lipinski definition) is 2. The van der Waals surface area contributed by atoms with Gasteiger partial charge in [-0.1, -0.05) is 28.1 Å². The summed E-state index contributed by atoms with van der Waals surface area (Å²) in [4.78, 5) is 27.4. The van der Waals surface area contributed by atoms with E-state index >= 15 is 0 Å². The Labute approximate surface area is 201 Å². The van der Waals surface area contributed by atoms with Gasteiger partial charge in [-0.2, -0.15) is 5.10 Å². The Hall–Kier alpha value is -3.53. The number of rotatable bonds is 5. The summed E-state index contributed by atoms with van der Waals surface area (Å²) in [5.41, 5.74) is 2.50. The number of H-pyrrole nitrogens is 1.